The minimum Gasteiger partial charge on any atom is -0.303 e. The minimum absolute atomic E-state index is 0.207. The van der Waals surface area contributed by atoms with Crippen LogP contribution in [0, 0.1) is 0 Å². The lowest BCUT2D eigenvalue weighted by Gasteiger charge is -2.20. The van der Waals surface area contributed by atoms with Gasteiger partial charge in [-0.3, -0.25) is 0 Å². The van der Waals surface area contributed by atoms with Crippen LogP contribution >= 0.6 is 50.5 Å². The summed E-state index contributed by atoms with van der Waals surface area (Å²) in [5.41, 5.74) is 1.13. The van der Waals surface area contributed by atoms with Crippen LogP contribution in [0.5, 0.6) is 0 Å². The molecule has 0 amide bonds. The standard InChI is InChI=1S/C14H14BrCl2NS/c1-8(10-3-4-12(16)13(17)7-10)18-9(2)14-11(15)5-6-19-14/h3-9,18H,1-2H3. The van der Waals surface area contributed by atoms with Gasteiger partial charge in [0.2, 0.25) is 0 Å². The monoisotopic (exact) mass is 377 g/mol. The molecule has 1 heterocycles. The summed E-state index contributed by atoms with van der Waals surface area (Å²) in [6, 6.07) is 8.31. The van der Waals surface area contributed by atoms with Crippen molar-refractivity contribution in [3.8, 4) is 0 Å². The topological polar surface area (TPSA) is 12.0 Å². The van der Waals surface area contributed by atoms with Crippen molar-refractivity contribution in [2.45, 2.75) is 25.9 Å². The zero-order valence-corrected chi connectivity index (χ0v) is 14.5. The summed E-state index contributed by atoms with van der Waals surface area (Å²) in [7, 11) is 0. The van der Waals surface area contributed by atoms with Gasteiger partial charge in [-0.25, -0.2) is 0 Å². The van der Waals surface area contributed by atoms with Crippen molar-refractivity contribution < 1.29 is 0 Å². The van der Waals surface area contributed by atoms with Crippen molar-refractivity contribution in [1.29, 1.82) is 0 Å². The molecule has 1 nitrogen and oxygen atoms in total. The van der Waals surface area contributed by atoms with Crippen molar-refractivity contribution in [3.63, 3.8) is 0 Å². The van der Waals surface area contributed by atoms with E-state index in [0.717, 1.165) is 10.0 Å². The first kappa shape index (κ1) is 15.3. The van der Waals surface area contributed by atoms with Gasteiger partial charge in [0, 0.05) is 21.4 Å². The Morgan fingerprint density at radius 3 is 2.42 bits per heavy atom. The van der Waals surface area contributed by atoms with Gasteiger partial charge in [-0.1, -0.05) is 29.3 Å². The lowest BCUT2D eigenvalue weighted by Crippen LogP contribution is -2.22. The molecule has 0 aliphatic heterocycles. The summed E-state index contributed by atoms with van der Waals surface area (Å²) in [4.78, 5) is 1.30. The van der Waals surface area contributed by atoms with E-state index >= 15 is 0 Å². The van der Waals surface area contributed by atoms with Gasteiger partial charge < -0.3 is 5.32 Å². The fourth-order valence-corrected chi connectivity index (χ4v) is 3.98. The average molecular weight is 379 g/mol. The molecule has 0 saturated heterocycles. The van der Waals surface area contributed by atoms with E-state index in [1.807, 2.05) is 18.2 Å². The highest BCUT2D eigenvalue weighted by molar-refractivity contribution is 9.10. The molecule has 102 valence electrons. The van der Waals surface area contributed by atoms with E-state index in [9.17, 15) is 0 Å². The van der Waals surface area contributed by atoms with E-state index in [2.05, 4.69) is 46.5 Å². The number of nitrogens with one attached hydrogen (secondary N) is 1. The molecule has 0 spiro atoms. The van der Waals surface area contributed by atoms with Crippen LogP contribution in [0.3, 0.4) is 0 Å². The number of benzene rings is 1. The molecule has 2 aromatic rings. The summed E-state index contributed by atoms with van der Waals surface area (Å²) in [5.74, 6) is 0. The summed E-state index contributed by atoms with van der Waals surface area (Å²) >= 11 is 17.3. The maximum atomic E-state index is 6.05. The third-order valence-corrected chi connectivity index (χ3v) is 5.77. The van der Waals surface area contributed by atoms with Gasteiger partial charge in [0.25, 0.3) is 0 Å². The summed E-state index contributed by atoms with van der Waals surface area (Å²) in [6.45, 7) is 4.28. The molecule has 0 aliphatic rings. The molecule has 1 aromatic carbocycles. The number of hydrogen-bond acceptors (Lipinski definition) is 2. The van der Waals surface area contributed by atoms with E-state index in [-0.39, 0.29) is 12.1 Å². The Hall–Kier alpha value is -0.0600. The molecule has 2 atom stereocenters. The first-order chi connectivity index (χ1) is 8.99. The molecule has 5 heteroatoms. The Morgan fingerprint density at radius 1 is 1.11 bits per heavy atom. The normalized spacial score (nSPS) is 14.4. The van der Waals surface area contributed by atoms with Gasteiger partial charge in [0.15, 0.2) is 0 Å². The SMILES string of the molecule is CC(NC(C)c1sccc1Br)c1ccc(Cl)c(Cl)c1. The van der Waals surface area contributed by atoms with Crippen LogP contribution in [0.25, 0.3) is 0 Å². The predicted molar refractivity (Wildman–Crippen MR) is 88.4 cm³/mol. The Labute approximate surface area is 136 Å². The molecule has 0 saturated carbocycles. The van der Waals surface area contributed by atoms with Crippen LogP contribution in [0.4, 0.5) is 0 Å². The highest BCUT2D eigenvalue weighted by Crippen LogP contribution is 2.31. The maximum absolute atomic E-state index is 6.05. The Morgan fingerprint density at radius 2 is 1.84 bits per heavy atom. The quantitative estimate of drug-likeness (QED) is 0.664. The van der Waals surface area contributed by atoms with Crippen LogP contribution in [-0.4, -0.2) is 0 Å². The summed E-state index contributed by atoms with van der Waals surface area (Å²) < 4.78 is 1.15. The number of thiophene rings is 1. The third-order valence-electron chi connectivity index (χ3n) is 2.98. The first-order valence-corrected chi connectivity index (χ1v) is 8.35. The van der Waals surface area contributed by atoms with Gasteiger partial charge in [-0.05, 0) is 58.9 Å². The lowest BCUT2D eigenvalue weighted by atomic mass is 10.1. The maximum Gasteiger partial charge on any atom is 0.0595 e. The molecule has 2 unspecified atom stereocenters. The smallest absolute Gasteiger partial charge is 0.0595 e. The van der Waals surface area contributed by atoms with E-state index < -0.39 is 0 Å². The van der Waals surface area contributed by atoms with Crippen molar-refractivity contribution in [2.24, 2.45) is 0 Å². The minimum atomic E-state index is 0.207. The predicted octanol–water partition coefficient (Wildman–Crippen LogP) is 6.23. The Kier molecular flexibility index (Phi) is 5.32. The fourth-order valence-electron chi connectivity index (χ4n) is 1.94. The molecule has 1 N–H and O–H groups in total. The van der Waals surface area contributed by atoms with Crippen LogP contribution < -0.4 is 5.32 Å². The zero-order valence-electron chi connectivity index (χ0n) is 10.6. The largest absolute Gasteiger partial charge is 0.303 e. The van der Waals surface area contributed by atoms with E-state index in [1.165, 1.54) is 4.88 Å². The fraction of sp³-hybridized carbons (Fsp3) is 0.286. The molecule has 2 rings (SSSR count). The van der Waals surface area contributed by atoms with E-state index in [1.54, 1.807) is 11.3 Å². The van der Waals surface area contributed by atoms with Crippen molar-refractivity contribution in [1.82, 2.24) is 5.32 Å². The molecule has 0 aliphatic carbocycles. The van der Waals surface area contributed by atoms with Gasteiger partial charge in [-0.15, -0.1) is 11.3 Å². The molecular formula is C14H14BrCl2NS. The average Bonchev–Trinajstić information content (AvgIpc) is 2.79. The molecule has 0 fully saturated rings. The lowest BCUT2D eigenvalue weighted by molar-refractivity contribution is 0.499. The summed E-state index contributed by atoms with van der Waals surface area (Å²) in [6.07, 6.45) is 0. The molecule has 19 heavy (non-hydrogen) atoms. The second kappa shape index (κ2) is 6.59. The van der Waals surface area contributed by atoms with Gasteiger partial charge >= 0.3 is 0 Å². The van der Waals surface area contributed by atoms with Crippen molar-refractivity contribution in [3.05, 3.63) is 54.6 Å². The Bertz CT molecular complexity index is 570. The zero-order chi connectivity index (χ0) is 14.0. The third kappa shape index (κ3) is 3.73. The van der Waals surface area contributed by atoms with Gasteiger partial charge in [0.1, 0.15) is 0 Å². The van der Waals surface area contributed by atoms with Crippen LogP contribution in [-0.2, 0) is 0 Å². The first-order valence-electron chi connectivity index (χ1n) is 5.93. The second-order valence-corrected chi connectivity index (χ2v) is 7.03. The van der Waals surface area contributed by atoms with Crippen LogP contribution in [0.2, 0.25) is 10.0 Å². The van der Waals surface area contributed by atoms with Crippen molar-refractivity contribution >= 4 is 50.5 Å². The molecule has 1 aromatic heterocycles. The second-order valence-electron chi connectivity index (χ2n) is 4.42. The Balaban J connectivity index is 2.10. The van der Waals surface area contributed by atoms with E-state index in [0.29, 0.717) is 10.0 Å². The summed E-state index contributed by atoms with van der Waals surface area (Å²) in [5, 5.41) is 6.83. The highest BCUT2D eigenvalue weighted by atomic mass is 79.9. The van der Waals surface area contributed by atoms with Crippen LogP contribution in [0.15, 0.2) is 34.1 Å². The van der Waals surface area contributed by atoms with Crippen LogP contribution in [0.1, 0.15) is 36.4 Å². The van der Waals surface area contributed by atoms with E-state index in [4.69, 9.17) is 23.2 Å². The molecule has 0 radical (unpaired) electrons. The van der Waals surface area contributed by atoms with Gasteiger partial charge in [-0.2, -0.15) is 0 Å². The van der Waals surface area contributed by atoms with Gasteiger partial charge in [0.05, 0.1) is 10.0 Å². The van der Waals surface area contributed by atoms with Crippen molar-refractivity contribution in [2.75, 3.05) is 0 Å². The number of rotatable bonds is 4. The number of hydrogen-bond donors (Lipinski definition) is 1. The number of halogens is 3. The molecule has 0 bridgehead atoms. The highest BCUT2D eigenvalue weighted by Gasteiger charge is 2.15. The molecular weight excluding hydrogens is 365 g/mol.